The van der Waals surface area contributed by atoms with Gasteiger partial charge in [-0.2, -0.15) is 4.98 Å². The second-order valence-corrected chi connectivity index (χ2v) is 9.12. The fourth-order valence-corrected chi connectivity index (χ4v) is 4.48. The molecule has 150 valence electrons. The van der Waals surface area contributed by atoms with Crippen molar-refractivity contribution in [2.45, 2.75) is 57.8 Å². The summed E-state index contributed by atoms with van der Waals surface area (Å²) in [5.41, 5.74) is 0.432. The van der Waals surface area contributed by atoms with E-state index >= 15 is 0 Å². The molecule has 3 fully saturated rings. The van der Waals surface area contributed by atoms with Crippen LogP contribution in [0, 0.1) is 5.41 Å². The molecule has 0 radical (unpaired) electrons. The lowest BCUT2D eigenvalue weighted by Crippen LogP contribution is -2.41. The van der Waals surface area contributed by atoms with E-state index in [1.165, 1.54) is 12.8 Å². The van der Waals surface area contributed by atoms with Crippen LogP contribution in [0.5, 0.6) is 0 Å². The van der Waals surface area contributed by atoms with Crippen LogP contribution in [0.25, 0.3) is 0 Å². The van der Waals surface area contributed by atoms with E-state index in [0.29, 0.717) is 30.2 Å². The van der Waals surface area contributed by atoms with E-state index in [0.717, 1.165) is 58.1 Å². The maximum absolute atomic E-state index is 12.4. The third kappa shape index (κ3) is 4.51. The van der Waals surface area contributed by atoms with E-state index in [2.05, 4.69) is 23.9 Å². The number of hydrogen-bond acceptors (Lipinski definition) is 6. The molecule has 2 saturated heterocycles. The predicted molar refractivity (Wildman–Crippen MR) is 100 cm³/mol. The third-order valence-electron chi connectivity index (χ3n) is 6.52. The maximum atomic E-state index is 12.4. The van der Waals surface area contributed by atoms with Gasteiger partial charge in [-0.25, -0.2) is 0 Å². The first-order chi connectivity index (χ1) is 13.0. The number of carbonyl (C=O) groups is 1. The van der Waals surface area contributed by atoms with Gasteiger partial charge in [0.05, 0.1) is 19.1 Å². The highest BCUT2D eigenvalue weighted by Gasteiger charge is 2.36. The SMILES string of the molecule is CC1(C)CCC(c2noc([C@@H]3CC(=O)N(CCN4CCOCC4)C3)n2)CC1. The van der Waals surface area contributed by atoms with Gasteiger partial charge in [0.2, 0.25) is 11.8 Å². The van der Waals surface area contributed by atoms with Crippen LogP contribution >= 0.6 is 0 Å². The lowest BCUT2D eigenvalue weighted by atomic mass is 9.73. The second-order valence-electron chi connectivity index (χ2n) is 9.12. The molecular formula is C20H32N4O3. The third-order valence-corrected chi connectivity index (χ3v) is 6.52. The van der Waals surface area contributed by atoms with Gasteiger partial charge in [-0.3, -0.25) is 9.69 Å². The largest absolute Gasteiger partial charge is 0.379 e. The zero-order valence-electron chi connectivity index (χ0n) is 16.7. The molecule has 2 aliphatic heterocycles. The Balaban J connectivity index is 1.30. The van der Waals surface area contributed by atoms with E-state index in [1.54, 1.807) is 0 Å². The molecule has 4 rings (SSSR count). The van der Waals surface area contributed by atoms with Gasteiger partial charge >= 0.3 is 0 Å². The van der Waals surface area contributed by atoms with Crippen LogP contribution in [0.3, 0.4) is 0 Å². The molecule has 0 aromatic carbocycles. The molecule has 0 unspecified atom stereocenters. The highest BCUT2D eigenvalue weighted by atomic mass is 16.5. The quantitative estimate of drug-likeness (QED) is 0.786. The smallest absolute Gasteiger partial charge is 0.232 e. The molecule has 1 atom stereocenters. The first-order valence-electron chi connectivity index (χ1n) is 10.4. The summed E-state index contributed by atoms with van der Waals surface area (Å²) in [7, 11) is 0. The molecule has 3 aliphatic rings. The van der Waals surface area contributed by atoms with Crippen molar-refractivity contribution in [1.29, 1.82) is 0 Å². The molecular weight excluding hydrogens is 344 g/mol. The molecule has 27 heavy (non-hydrogen) atoms. The molecule has 1 aromatic heterocycles. The standard InChI is InChI=1S/C20H32N4O3/c1-20(2)5-3-15(4-6-20)18-21-19(27-22-18)16-13-17(25)24(14-16)8-7-23-9-11-26-12-10-23/h15-16H,3-14H2,1-2H3/t16-/m1/s1. The van der Waals surface area contributed by atoms with E-state index in [1.807, 2.05) is 4.90 Å². The number of morpholine rings is 1. The lowest BCUT2D eigenvalue weighted by Gasteiger charge is -2.32. The Kier molecular flexibility index (Phi) is 5.50. The van der Waals surface area contributed by atoms with Crippen LogP contribution in [-0.2, 0) is 9.53 Å². The number of amides is 1. The number of hydrogen-bond donors (Lipinski definition) is 0. The summed E-state index contributed by atoms with van der Waals surface area (Å²) in [6.45, 7) is 10.5. The van der Waals surface area contributed by atoms with Gasteiger partial charge in [0.25, 0.3) is 0 Å². The predicted octanol–water partition coefficient (Wildman–Crippen LogP) is 2.40. The van der Waals surface area contributed by atoms with E-state index in [-0.39, 0.29) is 11.8 Å². The Bertz CT molecular complexity index is 643. The molecule has 1 aromatic rings. The summed E-state index contributed by atoms with van der Waals surface area (Å²) < 4.78 is 11.0. The van der Waals surface area contributed by atoms with Gasteiger partial charge in [0, 0.05) is 45.1 Å². The van der Waals surface area contributed by atoms with Crippen molar-refractivity contribution in [2.75, 3.05) is 45.9 Å². The second kappa shape index (κ2) is 7.87. The molecule has 7 heteroatoms. The summed E-state index contributed by atoms with van der Waals surface area (Å²) >= 11 is 0. The van der Waals surface area contributed by atoms with Gasteiger partial charge in [-0.15, -0.1) is 0 Å². The first kappa shape index (κ1) is 18.9. The number of carbonyl (C=O) groups excluding carboxylic acids is 1. The fraction of sp³-hybridized carbons (Fsp3) is 0.850. The number of ether oxygens (including phenoxy) is 1. The minimum absolute atomic E-state index is 0.0449. The minimum Gasteiger partial charge on any atom is -0.379 e. The Morgan fingerprint density at radius 1 is 1.11 bits per heavy atom. The van der Waals surface area contributed by atoms with E-state index in [4.69, 9.17) is 14.2 Å². The fourth-order valence-electron chi connectivity index (χ4n) is 4.48. The molecule has 0 bridgehead atoms. The van der Waals surface area contributed by atoms with Gasteiger partial charge in [-0.05, 0) is 31.1 Å². The summed E-state index contributed by atoms with van der Waals surface area (Å²) in [4.78, 5) is 21.4. The van der Waals surface area contributed by atoms with Gasteiger partial charge in [0.1, 0.15) is 0 Å². The highest BCUT2D eigenvalue weighted by molar-refractivity contribution is 5.79. The highest BCUT2D eigenvalue weighted by Crippen LogP contribution is 2.42. The average Bonchev–Trinajstić information content (AvgIpc) is 3.28. The molecule has 0 N–H and O–H groups in total. The van der Waals surface area contributed by atoms with Crippen LogP contribution in [0.2, 0.25) is 0 Å². The minimum atomic E-state index is 0.0449. The van der Waals surface area contributed by atoms with Crippen molar-refractivity contribution in [3.63, 3.8) is 0 Å². The Labute approximate surface area is 161 Å². The topological polar surface area (TPSA) is 71.7 Å². The number of aromatic nitrogens is 2. The van der Waals surface area contributed by atoms with E-state index in [9.17, 15) is 4.79 Å². The van der Waals surface area contributed by atoms with Crippen LogP contribution in [0.15, 0.2) is 4.52 Å². The molecule has 1 saturated carbocycles. The maximum Gasteiger partial charge on any atom is 0.232 e. The first-order valence-corrected chi connectivity index (χ1v) is 10.4. The molecule has 1 amide bonds. The molecule has 7 nitrogen and oxygen atoms in total. The Morgan fingerprint density at radius 3 is 2.59 bits per heavy atom. The number of nitrogens with zero attached hydrogens (tertiary/aromatic N) is 4. The van der Waals surface area contributed by atoms with Gasteiger partial charge in [0.15, 0.2) is 5.82 Å². The van der Waals surface area contributed by atoms with Gasteiger partial charge < -0.3 is 14.2 Å². The van der Waals surface area contributed by atoms with E-state index < -0.39 is 0 Å². The summed E-state index contributed by atoms with van der Waals surface area (Å²) in [6, 6.07) is 0. The van der Waals surface area contributed by atoms with Crippen molar-refractivity contribution in [3.8, 4) is 0 Å². The van der Waals surface area contributed by atoms with Crippen molar-refractivity contribution in [1.82, 2.24) is 19.9 Å². The molecule has 3 heterocycles. The van der Waals surface area contributed by atoms with Crippen LogP contribution in [0.4, 0.5) is 0 Å². The molecule has 1 aliphatic carbocycles. The number of likely N-dealkylation sites (tertiary alicyclic amines) is 1. The summed E-state index contributed by atoms with van der Waals surface area (Å²) in [5, 5.41) is 4.26. The summed E-state index contributed by atoms with van der Waals surface area (Å²) in [5.74, 6) is 2.15. The zero-order valence-corrected chi connectivity index (χ0v) is 16.7. The van der Waals surface area contributed by atoms with Crippen molar-refractivity contribution in [3.05, 3.63) is 11.7 Å². The van der Waals surface area contributed by atoms with Crippen molar-refractivity contribution in [2.24, 2.45) is 5.41 Å². The molecule has 0 spiro atoms. The number of rotatable bonds is 5. The van der Waals surface area contributed by atoms with Crippen LogP contribution in [0.1, 0.15) is 69.5 Å². The zero-order chi connectivity index (χ0) is 18.9. The normalized spacial score (nSPS) is 27.4. The summed E-state index contributed by atoms with van der Waals surface area (Å²) in [6.07, 6.45) is 5.16. The van der Waals surface area contributed by atoms with Crippen LogP contribution in [-0.4, -0.2) is 71.8 Å². The van der Waals surface area contributed by atoms with Gasteiger partial charge in [-0.1, -0.05) is 19.0 Å². The Morgan fingerprint density at radius 2 is 1.85 bits per heavy atom. The lowest BCUT2D eigenvalue weighted by molar-refractivity contribution is -0.128. The average molecular weight is 377 g/mol. The van der Waals surface area contributed by atoms with Crippen molar-refractivity contribution < 1.29 is 14.1 Å². The van der Waals surface area contributed by atoms with Crippen molar-refractivity contribution >= 4 is 5.91 Å². The monoisotopic (exact) mass is 376 g/mol. The van der Waals surface area contributed by atoms with Crippen LogP contribution < -0.4 is 0 Å². The Hall–Kier alpha value is -1.47.